The van der Waals surface area contributed by atoms with Crippen LogP contribution in [0.1, 0.15) is 35.2 Å². The van der Waals surface area contributed by atoms with Crippen LogP contribution in [0.2, 0.25) is 0 Å². The molecule has 0 saturated carbocycles. The summed E-state index contributed by atoms with van der Waals surface area (Å²) in [5.74, 6) is -1.26. The smallest absolute Gasteiger partial charge is 0.416 e. The lowest BCUT2D eigenvalue weighted by atomic mass is 10.00. The van der Waals surface area contributed by atoms with Crippen LogP contribution < -0.4 is 15.0 Å². The van der Waals surface area contributed by atoms with Crippen LogP contribution in [0.15, 0.2) is 54.6 Å². The molecule has 0 atom stereocenters. The lowest BCUT2D eigenvalue weighted by Crippen LogP contribution is -2.38. The van der Waals surface area contributed by atoms with E-state index >= 15 is 0 Å². The highest BCUT2D eigenvalue weighted by molar-refractivity contribution is 6.48. The number of nitrogens with zero attached hydrogens (tertiary/aromatic N) is 2. The number of fused-ring (bicyclic) bond motifs is 1. The number of Topliss-reactive ketones (excluding diaryl/α,β-unsaturated/α-hetero) is 1. The predicted molar refractivity (Wildman–Crippen MR) is 147 cm³/mol. The van der Waals surface area contributed by atoms with Gasteiger partial charge in [0.15, 0.2) is 0 Å². The summed E-state index contributed by atoms with van der Waals surface area (Å²) in [6, 6.07) is 13.7. The van der Waals surface area contributed by atoms with E-state index in [1.807, 2.05) is 17.0 Å². The Bertz CT molecular complexity index is 1370. The maximum atomic E-state index is 13.7. The highest BCUT2D eigenvalue weighted by Gasteiger charge is 2.32. The normalized spacial score (nSPS) is 16.6. The Labute approximate surface area is 230 Å². The highest BCUT2D eigenvalue weighted by Crippen LogP contribution is 2.35. The van der Waals surface area contributed by atoms with Crippen molar-refractivity contribution in [3.8, 4) is 5.75 Å². The molecular formula is C30H32F3N3O4. The van der Waals surface area contributed by atoms with Crippen molar-refractivity contribution in [2.45, 2.75) is 25.4 Å². The zero-order chi connectivity index (χ0) is 28.1. The minimum absolute atomic E-state index is 0.0684. The van der Waals surface area contributed by atoms with Crippen molar-refractivity contribution in [3.05, 3.63) is 65.7 Å². The Hall–Kier alpha value is -3.63. The molecule has 212 valence electrons. The van der Waals surface area contributed by atoms with E-state index in [9.17, 15) is 22.8 Å². The number of alkyl halides is 3. The molecule has 3 aromatic carbocycles. The molecule has 2 saturated heterocycles. The predicted octanol–water partition coefficient (Wildman–Crippen LogP) is 5.38. The van der Waals surface area contributed by atoms with E-state index in [0.717, 1.165) is 51.0 Å². The van der Waals surface area contributed by atoms with E-state index in [4.69, 9.17) is 9.47 Å². The van der Waals surface area contributed by atoms with Crippen molar-refractivity contribution >= 4 is 33.8 Å². The molecule has 3 aromatic rings. The lowest BCUT2D eigenvalue weighted by Gasteiger charge is -2.29. The average molecular weight is 556 g/mol. The van der Waals surface area contributed by atoms with Crippen molar-refractivity contribution in [2.24, 2.45) is 0 Å². The van der Waals surface area contributed by atoms with Gasteiger partial charge in [0, 0.05) is 55.0 Å². The summed E-state index contributed by atoms with van der Waals surface area (Å²) in [5, 5.41) is 3.63. The number of ketones is 1. The number of anilines is 2. The van der Waals surface area contributed by atoms with Crippen LogP contribution in [0.5, 0.6) is 5.75 Å². The van der Waals surface area contributed by atoms with Gasteiger partial charge in [-0.2, -0.15) is 13.2 Å². The van der Waals surface area contributed by atoms with Gasteiger partial charge in [-0.05, 0) is 55.0 Å². The van der Waals surface area contributed by atoms with Gasteiger partial charge in [-0.3, -0.25) is 14.5 Å². The standard InChI is InChI=1S/C30H32F3N3O4/c31-30(32,33)21-18-22(20-23(19-21)36-10-4-1-5-11-36)34-29(38)28(37)26-8-9-27(25-7-3-2-6-24(25)26)40-17-14-35-12-15-39-16-13-35/h2-3,6-9,18-20H,1,4-5,10-17H2,(H,34,38). The summed E-state index contributed by atoms with van der Waals surface area (Å²) >= 11 is 0. The SMILES string of the molecule is O=C(Nc1cc(N2CCCCC2)cc(C(F)(F)F)c1)C(=O)c1ccc(OCCN2CCOCC2)c2ccccc12. The molecule has 40 heavy (non-hydrogen) atoms. The molecule has 1 amide bonds. The maximum Gasteiger partial charge on any atom is 0.416 e. The summed E-state index contributed by atoms with van der Waals surface area (Å²) in [4.78, 5) is 30.4. The highest BCUT2D eigenvalue weighted by atomic mass is 19.4. The second kappa shape index (κ2) is 12.3. The second-order valence-electron chi connectivity index (χ2n) is 10.1. The van der Waals surface area contributed by atoms with Crippen LogP contribution in [-0.4, -0.2) is 69.1 Å². The molecule has 1 N–H and O–H groups in total. The quantitative estimate of drug-likeness (QED) is 0.297. The maximum absolute atomic E-state index is 13.7. The number of rotatable bonds is 8. The third-order valence-corrected chi connectivity index (χ3v) is 7.33. The number of morpholine rings is 1. The van der Waals surface area contributed by atoms with E-state index in [1.54, 1.807) is 18.2 Å². The summed E-state index contributed by atoms with van der Waals surface area (Å²) < 4.78 is 52.4. The molecule has 0 radical (unpaired) electrons. The molecule has 10 heteroatoms. The summed E-state index contributed by atoms with van der Waals surface area (Å²) in [6.07, 6.45) is -1.80. The van der Waals surface area contributed by atoms with Gasteiger partial charge in [-0.1, -0.05) is 24.3 Å². The zero-order valence-corrected chi connectivity index (χ0v) is 22.1. The zero-order valence-electron chi connectivity index (χ0n) is 22.1. The lowest BCUT2D eigenvalue weighted by molar-refractivity contribution is -0.137. The number of benzene rings is 3. The topological polar surface area (TPSA) is 71.1 Å². The van der Waals surface area contributed by atoms with Crippen molar-refractivity contribution in [2.75, 3.05) is 62.8 Å². The summed E-state index contributed by atoms with van der Waals surface area (Å²) in [6.45, 7) is 5.55. The van der Waals surface area contributed by atoms with Crippen molar-refractivity contribution in [3.63, 3.8) is 0 Å². The van der Waals surface area contributed by atoms with Gasteiger partial charge in [0.2, 0.25) is 0 Å². The number of hydrogen-bond acceptors (Lipinski definition) is 6. The Morgan fingerprint density at radius 2 is 1.62 bits per heavy atom. The molecule has 2 aliphatic rings. The molecule has 2 aliphatic heterocycles. The van der Waals surface area contributed by atoms with Gasteiger partial charge >= 0.3 is 6.18 Å². The molecule has 0 aliphatic carbocycles. The molecule has 0 aromatic heterocycles. The van der Waals surface area contributed by atoms with Crippen LogP contribution in [0.4, 0.5) is 24.5 Å². The molecule has 2 heterocycles. The molecule has 0 spiro atoms. The van der Waals surface area contributed by atoms with Crippen molar-refractivity contribution in [1.29, 1.82) is 0 Å². The number of halogens is 3. The van der Waals surface area contributed by atoms with E-state index in [2.05, 4.69) is 10.2 Å². The largest absolute Gasteiger partial charge is 0.492 e. The van der Waals surface area contributed by atoms with Crippen LogP contribution in [0, 0.1) is 0 Å². The first-order chi connectivity index (χ1) is 19.3. The third-order valence-electron chi connectivity index (χ3n) is 7.33. The second-order valence-corrected chi connectivity index (χ2v) is 10.1. The number of carbonyl (C=O) groups is 2. The van der Waals surface area contributed by atoms with E-state index in [-0.39, 0.29) is 11.3 Å². The number of carbonyl (C=O) groups excluding carboxylic acids is 2. The van der Waals surface area contributed by atoms with Crippen molar-refractivity contribution < 1.29 is 32.2 Å². The van der Waals surface area contributed by atoms with Gasteiger partial charge in [-0.25, -0.2) is 0 Å². The summed E-state index contributed by atoms with van der Waals surface area (Å²) in [7, 11) is 0. The van der Waals surface area contributed by atoms with Gasteiger partial charge in [-0.15, -0.1) is 0 Å². The fourth-order valence-electron chi connectivity index (χ4n) is 5.20. The molecule has 7 nitrogen and oxygen atoms in total. The third kappa shape index (κ3) is 6.56. The summed E-state index contributed by atoms with van der Waals surface area (Å²) in [5.41, 5.74) is -0.415. The van der Waals surface area contributed by atoms with Crippen LogP contribution in [0.3, 0.4) is 0 Å². The van der Waals surface area contributed by atoms with Gasteiger partial charge in [0.05, 0.1) is 18.8 Å². The van der Waals surface area contributed by atoms with Gasteiger partial charge in [0.1, 0.15) is 12.4 Å². The molecule has 0 unspecified atom stereocenters. The molecule has 2 fully saturated rings. The first-order valence-corrected chi connectivity index (χ1v) is 13.6. The molecule has 5 rings (SSSR count). The number of piperidine rings is 1. The first-order valence-electron chi connectivity index (χ1n) is 13.6. The van der Waals surface area contributed by atoms with Crippen LogP contribution in [-0.2, 0) is 15.7 Å². The number of ether oxygens (including phenoxy) is 2. The molecular weight excluding hydrogens is 523 g/mol. The minimum atomic E-state index is -4.59. The Morgan fingerprint density at radius 1 is 0.900 bits per heavy atom. The Morgan fingerprint density at radius 3 is 2.35 bits per heavy atom. The monoisotopic (exact) mass is 555 g/mol. The van der Waals surface area contributed by atoms with E-state index < -0.39 is 23.4 Å². The van der Waals surface area contributed by atoms with Gasteiger partial charge in [0.25, 0.3) is 11.7 Å². The molecule has 0 bridgehead atoms. The number of nitrogens with one attached hydrogen (secondary N) is 1. The van der Waals surface area contributed by atoms with Crippen LogP contribution in [0.25, 0.3) is 10.8 Å². The Kier molecular flexibility index (Phi) is 8.56. The van der Waals surface area contributed by atoms with E-state index in [1.165, 1.54) is 12.1 Å². The number of amides is 1. The fraction of sp³-hybridized carbons (Fsp3) is 0.400. The first kappa shape index (κ1) is 27.9. The van der Waals surface area contributed by atoms with Crippen molar-refractivity contribution in [1.82, 2.24) is 4.90 Å². The average Bonchev–Trinajstić information content (AvgIpc) is 2.97. The van der Waals surface area contributed by atoms with Crippen LogP contribution >= 0.6 is 0 Å². The Balaban J connectivity index is 1.34. The minimum Gasteiger partial charge on any atom is -0.492 e. The van der Waals surface area contributed by atoms with Gasteiger partial charge < -0.3 is 19.7 Å². The fourth-order valence-corrected chi connectivity index (χ4v) is 5.20. The number of hydrogen-bond donors (Lipinski definition) is 1. The van der Waals surface area contributed by atoms with E-state index in [0.29, 0.717) is 55.1 Å².